The van der Waals surface area contributed by atoms with Gasteiger partial charge in [-0.25, -0.2) is 0 Å². The van der Waals surface area contributed by atoms with Crippen molar-refractivity contribution < 1.29 is 28.4 Å². The first-order valence-electron chi connectivity index (χ1n) is 11.8. The van der Waals surface area contributed by atoms with Gasteiger partial charge in [-0.05, 0) is 34.4 Å². The monoisotopic (exact) mass is 464 g/mol. The summed E-state index contributed by atoms with van der Waals surface area (Å²) in [6.07, 6.45) is 0. The Kier molecular flexibility index (Phi) is 9.78. The van der Waals surface area contributed by atoms with Crippen molar-refractivity contribution in [2.75, 3.05) is 66.1 Å². The molecule has 0 aromatic heterocycles. The maximum atomic E-state index is 6.13. The minimum absolute atomic E-state index is 0.412. The second-order valence-electron chi connectivity index (χ2n) is 7.72. The van der Waals surface area contributed by atoms with E-state index >= 15 is 0 Å². The van der Waals surface area contributed by atoms with E-state index in [1.807, 2.05) is 36.4 Å². The molecular formula is C28H32O6. The van der Waals surface area contributed by atoms with Gasteiger partial charge in [0, 0.05) is 0 Å². The lowest BCUT2D eigenvalue weighted by Gasteiger charge is -2.18. The third kappa shape index (κ3) is 7.30. The number of hydrogen-bond donors (Lipinski definition) is 0. The zero-order chi connectivity index (χ0) is 23.3. The van der Waals surface area contributed by atoms with Gasteiger partial charge in [0.15, 0.2) is 11.5 Å². The highest BCUT2D eigenvalue weighted by Crippen LogP contribution is 2.41. The Balaban J connectivity index is 1.60. The first-order valence-corrected chi connectivity index (χ1v) is 11.8. The molecule has 4 rings (SSSR count). The standard InChI is InChI=1S/C28H32O6/c1-3-7-23(8-4-1)25-21-27-28(22-26(25)24-9-5-2-6-10-24)34-20-18-32-16-14-30-12-11-29-13-15-31-17-19-33-27/h1-10,21-22H,11-20H2. The van der Waals surface area contributed by atoms with E-state index in [4.69, 9.17) is 28.4 Å². The molecule has 0 radical (unpaired) electrons. The summed E-state index contributed by atoms with van der Waals surface area (Å²) < 4.78 is 34.6. The summed E-state index contributed by atoms with van der Waals surface area (Å²) in [7, 11) is 0. The lowest BCUT2D eigenvalue weighted by atomic mass is 9.94. The van der Waals surface area contributed by atoms with Crippen LogP contribution in [0, 0.1) is 0 Å². The molecule has 1 aliphatic heterocycles. The minimum Gasteiger partial charge on any atom is -0.487 e. The molecule has 0 saturated heterocycles. The average Bonchev–Trinajstić information content (AvgIpc) is 2.89. The van der Waals surface area contributed by atoms with E-state index in [0.29, 0.717) is 77.6 Å². The fourth-order valence-corrected chi connectivity index (χ4v) is 3.68. The molecule has 0 aliphatic carbocycles. The van der Waals surface area contributed by atoms with Crippen molar-refractivity contribution in [1.29, 1.82) is 0 Å². The summed E-state index contributed by atoms with van der Waals surface area (Å²) in [6.45, 7) is 4.91. The van der Waals surface area contributed by atoms with Gasteiger partial charge in [-0.15, -0.1) is 0 Å². The van der Waals surface area contributed by atoms with Gasteiger partial charge in [-0.1, -0.05) is 60.7 Å². The maximum Gasteiger partial charge on any atom is 0.161 e. The third-order valence-electron chi connectivity index (χ3n) is 5.34. The fraction of sp³-hybridized carbons (Fsp3) is 0.357. The molecule has 0 unspecified atom stereocenters. The summed E-state index contributed by atoms with van der Waals surface area (Å²) in [4.78, 5) is 0. The van der Waals surface area contributed by atoms with E-state index in [1.165, 1.54) is 0 Å². The fourth-order valence-electron chi connectivity index (χ4n) is 3.68. The van der Waals surface area contributed by atoms with Gasteiger partial charge in [0.1, 0.15) is 13.2 Å². The van der Waals surface area contributed by atoms with Crippen LogP contribution in [-0.2, 0) is 18.9 Å². The molecule has 6 nitrogen and oxygen atoms in total. The van der Waals surface area contributed by atoms with Crippen LogP contribution in [0.5, 0.6) is 11.5 Å². The first kappa shape index (κ1) is 24.2. The summed E-state index contributed by atoms with van der Waals surface area (Å²) in [5.74, 6) is 1.37. The molecule has 1 heterocycles. The van der Waals surface area contributed by atoms with Crippen molar-refractivity contribution in [3.05, 3.63) is 72.8 Å². The van der Waals surface area contributed by atoms with Crippen LogP contribution in [0.15, 0.2) is 72.8 Å². The predicted octanol–water partition coefficient (Wildman–Crippen LogP) is 4.86. The molecule has 0 bridgehead atoms. The van der Waals surface area contributed by atoms with Gasteiger partial charge >= 0.3 is 0 Å². The van der Waals surface area contributed by atoms with Crippen molar-refractivity contribution in [1.82, 2.24) is 0 Å². The number of rotatable bonds is 2. The van der Waals surface area contributed by atoms with E-state index in [0.717, 1.165) is 22.3 Å². The molecule has 0 N–H and O–H groups in total. The van der Waals surface area contributed by atoms with Crippen molar-refractivity contribution >= 4 is 0 Å². The highest BCUT2D eigenvalue weighted by atomic mass is 16.6. The molecule has 1 aliphatic rings. The number of benzene rings is 3. The quantitative estimate of drug-likeness (QED) is 0.540. The minimum atomic E-state index is 0.412. The van der Waals surface area contributed by atoms with Crippen LogP contribution < -0.4 is 9.47 Å². The van der Waals surface area contributed by atoms with Crippen molar-refractivity contribution in [3.8, 4) is 33.8 Å². The Hall–Kier alpha value is -2.90. The van der Waals surface area contributed by atoms with Crippen LogP contribution >= 0.6 is 0 Å². The van der Waals surface area contributed by atoms with Gasteiger partial charge in [0.25, 0.3) is 0 Å². The van der Waals surface area contributed by atoms with Crippen LogP contribution in [0.4, 0.5) is 0 Å². The third-order valence-corrected chi connectivity index (χ3v) is 5.34. The topological polar surface area (TPSA) is 55.4 Å². The Labute approximate surface area is 201 Å². The molecule has 3 aromatic rings. The molecule has 34 heavy (non-hydrogen) atoms. The normalized spacial score (nSPS) is 16.8. The summed E-state index contributed by atoms with van der Waals surface area (Å²) in [5.41, 5.74) is 4.39. The lowest BCUT2D eigenvalue weighted by molar-refractivity contribution is -0.00841. The maximum absolute atomic E-state index is 6.13. The van der Waals surface area contributed by atoms with Crippen LogP contribution in [0.3, 0.4) is 0 Å². The molecule has 0 saturated carbocycles. The van der Waals surface area contributed by atoms with Gasteiger partial charge in [0.05, 0.1) is 52.9 Å². The van der Waals surface area contributed by atoms with Crippen LogP contribution in [0.1, 0.15) is 0 Å². The summed E-state index contributed by atoms with van der Waals surface area (Å²) in [5, 5.41) is 0. The van der Waals surface area contributed by atoms with Gasteiger partial charge in [-0.3, -0.25) is 0 Å². The largest absolute Gasteiger partial charge is 0.487 e. The molecular weight excluding hydrogens is 432 g/mol. The molecule has 3 aromatic carbocycles. The van der Waals surface area contributed by atoms with Gasteiger partial charge in [0.2, 0.25) is 0 Å². The SMILES string of the molecule is c1ccc(-c2cc3c(cc2-c2ccccc2)OCCOCCOCCOCCOCCO3)cc1. The van der Waals surface area contributed by atoms with Gasteiger partial charge < -0.3 is 28.4 Å². The van der Waals surface area contributed by atoms with E-state index in [1.54, 1.807) is 0 Å². The van der Waals surface area contributed by atoms with Crippen molar-refractivity contribution in [2.45, 2.75) is 0 Å². The molecule has 180 valence electrons. The van der Waals surface area contributed by atoms with Crippen LogP contribution in [0.2, 0.25) is 0 Å². The first-order chi connectivity index (χ1) is 16.9. The van der Waals surface area contributed by atoms with Crippen LogP contribution in [0.25, 0.3) is 22.3 Å². The Bertz CT molecular complexity index is 896. The van der Waals surface area contributed by atoms with E-state index in [-0.39, 0.29) is 0 Å². The summed E-state index contributed by atoms with van der Waals surface area (Å²) >= 11 is 0. The molecule has 0 spiro atoms. The Morgan fingerprint density at radius 2 is 0.706 bits per heavy atom. The van der Waals surface area contributed by atoms with Crippen molar-refractivity contribution in [3.63, 3.8) is 0 Å². The number of hydrogen-bond acceptors (Lipinski definition) is 6. The number of fused-ring (bicyclic) bond motifs is 1. The molecule has 0 fully saturated rings. The van der Waals surface area contributed by atoms with E-state index in [2.05, 4.69) is 36.4 Å². The Morgan fingerprint density at radius 3 is 1.06 bits per heavy atom. The zero-order valence-electron chi connectivity index (χ0n) is 19.4. The second kappa shape index (κ2) is 13.7. The average molecular weight is 465 g/mol. The highest BCUT2D eigenvalue weighted by molar-refractivity contribution is 5.86. The Morgan fingerprint density at radius 1 is 0.382 bits per heavy atom. The predicted molar refractivity (Wildman–Crippen MR) is 132 cm³/mol. The summed E-state index contributed by atoms with van der Waals surface area (Å²) in [6, 6.07) is 24.8. The molecule has 0 amide bonds. The highest BCUT2D eigenvalue weighted by Gasteiger charge is 2.15. The van der Waals surface area contributed by atoms with Gasteiger partial charge in [-0.2, -0.15) is 0 Å². The van der Waals surface area contributed by atoms with Crippen molar-refractivity contribution in [2.24, 2.45) is 0 Å². The second-order valence-corrected chi connectivity index (χ2v) is 7.72. The molecule has 0 atom stereocenters. The van der Waals surface area contributed by atoms with E-state index < -0.39 is 0 Å². The molecule has 6 heteroatoms. The zero-order valence-corrected chi connectivity index (χ0v) is 19.4. The smallest absolute Gasteiger partial charge is 0.161 e. The van der Waals surface area contributed by atoms with Crippen LogP contribution in [-0.4, -0.2) is 66.1 Å². The lowest BCUT2D eigenvalue weighted by Crippen LogP contribution is -2.16. The van der Waals surface area contributed by atoms with E-state index in [9.17, 15) is 0 Å². The number of ether oxygens (including phenoxy) is 6.